The average Bonchev–Trinajstić information content (AvgIpc) is 2.40. The molecule has 0 aliphatic heterocycles. The van der Waals surface area contributed by atoms with Gasteiger partial charge in [0.15, 0.2) is 0 Å². The maximum absolute atomic E-state index is 13.3. The van der Waals surface area contributed by atoms with Crippen molar-refractivity contribution < 1.29 is 14.3 Å². The minimum Gasteiger partial charge on any atom is -0.477 e. The van der Waals surface area contributed by atoms with Gasteiger partial charge in [-0.2, -0.15) is 5.26 Å². The van der Waals surface area contributed by atoms with Crippen LogP contribution in [0.25, 0.3) is 0 Å². The van der Waals surface area contributed by atoms with E-state index in [9.17, 15) is 14.0 Å². The van der Waals surface area contributed by atoms with Crippen LogP contribution in [0.1, 0.15) is 21.5 Å². The average molecular weight is 272 g/mol. The van der Waals surface area contributed by atoms with Crippen LogP contribution >= 0.6 is 0 Å². The van der Waals surface area contributed by atoms with Crippen molar-refractivity contribution in [3.8, 4) is 6.07 Å². The van der Waals surface area contributed by atoms with Crippen LogP contribution in [-0.4, -0.2) is 15.6 Å². The number of pyridine rings is 1. The lowest BCUT2D eigenvalue weighted by molar-refractivity contribution is 0.0694. The summed E-state index contributed by atoms with van der Waals surface area (Å²) in [6.45, 7) is -0.00755. The topological polar surface area (TPSA) is 83.1 Å². The Bertz CT molecular complexity index is 775. The highest BCUT2D eigenvalue weighted by atomic mass is 19.1. The SMILES string of the molecule is N#Cc1cc(F)cc(Cn2cccc(C(=O)O)c2=O)c1. The molecule has 0 radical (unpaired) electrons. The van der Waals surface area contributed by atoms with Gasteiger partial charge in [0.05, 0.1) is 18.2 Å². The number of benzene rings is 1. The molecule has 20 heavy (non-hydrogen) atoms. The lowest BCUT2D eigenvalue weighted by Gasteiger charge is -2.07. The Morgan fingerprint density at radius 3 is 2.80 bits per heavy atom. The standard InChI is InChI=1S/C14H9FN2O3/c15-11-5-9(7-16)4-10(6-11)8-17-3-1-2-12(13(17)18)14(19)20/h1-6H,8H2,(H,19,20). The summed E-state index contributed by atoms with van der Waals surface area (Å²) in [6, 6.07) is 8.17. The molecule has 0 saturated carbocycles. The smallest absolute Gasteiger partial charge is 0.341 e. The van der Waals surface area contributed by atoms with Crippen molar-refractivity contribution in [3.63, 3.8) is 0 Å². The molecule has 5 nitrogen and oxygen atoms in total. The van der Waals surface area contributed by atoms with Crippen LogP contribution in [0.5, 0.6) is 0 Å². The van der Waals surface area contributed by atoms with Gasteiger partial charge in [0.1, 0.15) is 11.4 Å². The van der Waals surface area contributed by atoms with Gasteiger partial charge in [-0.25, -0.2) is 9.18 Å². The van der Waals surface area contributed by atoms with Gasteiger partial charge in [0.2, 0.25) is 0 Å². The summed E-state index contributed by atoms with van der Waals surface area (Å²) in [4.78, 5) is 22.7. The van der Waals surface area contributed by atoms with E-state index in [1.54, 1.807) is 0 Å². The third-order valence-corrected chi connectivity index (χ3v) is 2.69. The summed E-state index contributed by atoms with van der Waals surface area (Å²) in [5, 5.41) is 17.6. The Morgan fingerprint density at radius 2 is 2.15 bits per heavy atom. The Kier molecular flexibility index (Phi) is 3.62. The summed E-state index contributed by atoms with van der Waals surface area (Å²) in [5.41, 5.74) is -0.485. The molecule has 0 saturated heterocycles. The van der Waals surface area contributed by atoms with E-state index in [1.165, 1.54) is 30.5 Å². The molecule has 1 aromatic heterocycles. The Balaban J connectivity index is 2.43. The molecular formula is C14H9FN2O3. The fraction of sp³-hybridized carbons (Fsp3) is 0.0714. The fourth-order valence-electron chi connectivity index (χ4n) is 1.83. The molecule has 0 amide bonds. The molecule has 1 N–H and O–H groups in total. The molecule has 0 unspecified atom stereocenters. The van der Waals surface area contributed by atoms with E-state index in [0.29, 0.717) is 5.56 Å². The molecule has 0 atom stereocenters. The highest BCUT2D eigenvalue weighted by Gasteiger charge is 2.10. The number of nitrogens with zero attached hydrogens (tertiary/aromatic N) is 2. The second-order valence-corrected chi connectivity index (χ2v) is 4.12. The first-order valence-electron chi connectivity index (χ1n) is 5.63. The summed E-state index contributed by atoms with van der Waals surface area (Å²) in [5.74, 6) is -1.90. The number of halogens is 1. The van der Waals surface area contributed by atoms with E-state index >= 15 is 0 Å². The van der Waals surface area contributed by atoms with Crippen LogP contribution in [0, 0.1) is 17.1 Å². The minimum atomic E-state index is -1.32. The van der Waals surface area contributed by atoms with Crippen LogP contribution in [0.4, 0.5) is 4.39 Å². The predicted molar refractivity (Wildman–Crippen MR) is 67.9 cm³/mol. The summed E-state index contributed by atoms with van der Waals surface area (Å²) < 4.78 is 14.4. The summed E-state index contributed by atoms with van der Waals surface area (Å²) >= 11 is 0. The Hall–Kier alpha value is -2.94. The van der Waals surface area contributed by atoms with Crippen LogP contribution < -0.4 is 5.56 Å². The van der Waals surface area contributed by atoms with Crippen LogP contribution in [0.15, 0.2) is 41.3 Å². The van der Waals surface area contributed by atoms with E-state index in [4.69, 9.17) is 10.4 Å². The zero-order chi connectivity index (χ0) is 14.7. The second-order valence-electron chi connectivity index (χ2n) is 4.12. The van der Waals surface area contributed by atoms with Crippen LogP contribution in [-0.2, 0) is 6.54 Å². The molecule has 6 heteroatoms. The van der Waals surface area contributed by atoms with E-state index in [2.05, 4.69) is 0 Å². The van der Waals surface area contributed by atoms with E-state index in [1.807, 2.05) is 6.07 Å². The summed E-state index contributed by atoms with van der Waals surface area (Å²) in [6.07, 6.45) is 1.41. The molecule has 0 aliphatic rings. The first kappa shape index (κ1) is 13.5. The number of aromatic carboxylic acids is 1. The maximum Gasteiger partial charge on any atom is 0.341 e. The molecule has 100 valence electrons. The number of carboxylic acids is 1. The van der Waals surface area contributed by atoms with Crippen molar-refractivity contribution in [1.82, 2.24) is 4.57 Å². The van der Waals surface area contributed by atoms with Gasteiger partial charge in [0.25, 0.3) is 5.56 Å². The van der Waals surface area contributed by atoms with Crippen molar-refractivity contribution >= 4 is 5.97 Å². The number of carboxylic acid groups (broad SMARTS) is 1. The lowest BCUT2D eigenvalue weighted by atomic mass is 10.1. The number of aromatic nitrogens is 1. The minimum absolute atomic E-state index is 0.00755. The second kappa shape index (κ2) is 5.36. The zero-order valence-corrected chi connectivity index (χ0v) is 10.2. The molecule has 2 aromatic rings. The first-order valence-corrected chi connectivity index (χ1v) is 5.63. The molecule has 0 bridgehead atoms. The highest BCUT2D eigenvalue weighted by molar-refractivity contribution is 5.86. The maximum atomic E-state index is 13.3. The zero-order valence-electron chi connectivity index (χ0n) is 10.2. The number of nitriles is 1. The van der Waals surface area contributed by atoms with Crippen molar-refractivity contribution in [1.29, 1.82) is 5.26 Å². The monoisotopic (exact) mass is 272 g/mol. The molecular weight excluding hydrogens is 263 g/mol. The van der Waals surface area contributed by atoms with Crippen LogP contribution in [0.2, 0.25) is 0 Å². The van der Waals surface area contributed by atoms with Crippen molar-refractivity contribution in [2.24, 2.45) is 0 Å². The molecule has 0 aliphatic carbocycles. The molecule has 0 spiro atoms. The van der Waals surface area contributed by atoms with Gasteiger partial charge in [-0.05, 0) is 35.9 Å². The molecule has 2 rings (SSSR count). The molecule has 1 aromatic carbocycles. The first-order chi connectivity index (χ1) is 9.51. The van der Waals surface area contributed by atoms with Crippen molar-refractivity contribution in [2.45, 2.75) is 6.54 Å². The molecule has 0 fully saturated rings. The van der Waals surface area contributed by atoms with Crippen LogP contribution in [0.3, 0.4) is 0 Å². The van der Waals surface area contributed by atoms with E-state index < -0.39 is 17.3 Å². The van der Waals surface area contributed by atoms with E-state index in [0.717, 1.165) is 10.6 Å². The van der Waals surface area contributed by atoms with Gasteiger partial charge >= 0.3 is 5.97 Å². The van der Waals surface area contributed by atoms with Gasteiger partial charge in [-0.3, -0.25) is 4.79 Å². The van der Waals surface area contributed by atoms with Gasteiger partial charge < -0.3 is 9.67 Å². The normalized spacial score (nSPS) is 10.0. The van der Waals surface area contributed by atoms with Gasteiger partial charge in [-0.15, -0.1) is 0 Å². The lowest BCUT2D eigenvalue weighted by Crippen LogP contribution is -2.26. The highest BCUT2D eigenvalue weighted by Crippen LogP contribution is 2.09. The predicted octanol–water partition coefficient (Wildman–Crippen LogP) is 1.61. The Morgan fingerprint density at radius 1 is 1.40 bits per heavy atom. The number of hydrogen-bond acceptors (Lipinski definition) is 3. The van der Waals surface area contributed by atoms with Gasteiger partial charge in [-0.1, -0.05) is 0 Å². The Labute approximate surface area is 113 Å². The third-order valence-electron chi connectivity index (χ3n) is 2.69. The number of rotatable bonds is 3. The number of carbonyl (C=O) groups is 1. The summed E-state index contributed by atoms with van der Waals surface area (Å²) in [7, 11) is 0. The van der Waals surface area contributed by atoms with Gasteiger partial charge in [0, 0.05) is 6.20 Å². The largest absolute Gasteiger partial charge is 0.477 e. The van der Waals surface area contributed by atoms with E-state index in [-0.39, 0.29) is 17.7 Å². The number of hydrogen-bond donors (Lipinski definition) is 1. The van der Waals surface area contributed by atoms with Crippen molar-refractivity contribution in [3.05, 3.63) is 69.4 Å². The molecule has 1 heterocycles. The fourth-order valence-corrected chi connectivity index (χ4v) is 1.83. The third kappa shape index (κ3) is 2.72. The quantitative estimate of drug-likeness (QED) is 0.920. The van der Waals surface area contributed by atoms with Crippen molar-refractivity contribution in [2.75, 3.05) is 0 Å².